The molecular weight excluding hydrogens is 293 g/mol. The molecule has 0 radical (unpaired) electrons. The average molecular weight is 319 g/mol. The molecule has 1 aliphatic heterocycles. The maximum absolute atomic E-state index is 14.6. The molecule has 1 aromatic rings. The molecule has 0 aromatic heterocycles. The number of benzene rings is 1. The van der Waals surface area contributed by atoms with Gasteiger partial charge in [-0.25, -0.2) is 4.39 Å². The van der Waals surface area contributed by atoms with Crippen LogP contribution in [0.2, 0.25) is 0 Å². The summed E-state index contributed by atoms with van der Waals surface area (Å²) in [7, 11) is 0. The largest absolute Gasteiger partial charge is 0.490 e. The topological polar surface area (TPSA) is 29.5 Å². The van der Waals surface area contributed by atoms with E-state index in [1.807, 2.05) is 11.0 Å². The fraction of sp³-hybridized carbons (Fsp3) is 0.632. The van der Waals surface area contributed by atoms with Gasteiger partial charge in [-0.1, -0.05) is 38.7 Å². The SMILES string of the molecule is CCCCOc1ccc2c(c1F)C(=O)N(CC1CCCCC1)C2. The van der Waals surface area contributed by atoms with Gasteiger partial charge in [0.1, 0.15) is 0 Å². The minimum absolute atomic E-state index is 0.163. The number of ether oxygens (including phenoxy) is 1. The molecule has 0 saturated heterocycles. The van der Waals surface area contributed by atoms with Gasteiger partial charge in [0.2, 0.25) is 0 Å². The van der Waals surface area contributed by atoms with Crippen LogP contribution in [0.4, 0.5) is 4.39 Å². The van der Waals surface area contributed by atoms with Crippen LogP contribution in [-0.4, -0.2) is 24.0 Å². The summed E-state index contributed by atoms with van der Waals surface area (Å²) < 4.78 is 20.1. The summed E-state index contributed by atoms with van der Waals surface area (Å²) in [6.45, 7) is 3.86. The van der Waals surface area contributed by atoms with Crippen molar-refractivity contribution in [1.82, 2.24) is 4.90 Å². The Labute approximate surface area is 137 Å². The first kappa shape index (κ1) is 16.3. The maximum Gasteiger partial charge on any atom is 0.257 e. The third kappa shape index (κ3) is 3.51. The summed E-state index contributed by atoms with van der Waals surface area (Å²) in [6, 6.07) is 3.51. The third-order valence-corrected chi connectivity index (χ3v) is 5.01. The summed E-state index contributed by atoms with van der Waals surface area (Å²) in [6.07, 6.45) is 8.07. The van der Waals surface area contributed by atoms with E-state index in [1.54, 1.807) is 6.07 Å². The first-order valence-electron chi connectivity index (χ1n) is 8.94. The van der Waals surface area contributed by atoms with Crippen molar-refractivity contribution < 1.29 is 13.9 Å². The summed E-state index contributed by atoms with van der Waals surface area (Å²) >= 11 is 0. The Hall–Kier alpha value is -1.58. The fourth-order valence-corrected chi connectivity index (χ4v) is 3.66. The van der Waals surface area contributed by atoms with Crippen LogP contribution in [-0.2, 0) is 6.54 Å². The Morgan fingerprint density at radius 3 is 2.78 bits per heavy atom. The zero-order valence-corrected chi connectivity index (χ0v) is 13.9. The molecule has 23 heavy (non-hydrogen) atoms. The second-order valence-corrected chi connectivity index (χ2v) is 6.80. The minimum atomic E-state index is -0.477. The number of carbonyl (C=O) groups excluding carboxylic acids is 1. The summed E-state index contributed by atoms with van der Waals surface area (Å²) in [5.74, 6) is 0.147. The molecule has 0 N–H and O–H groups in total. The molecule has 1 aromatic carbocycles. The molecule has 1 fully saturated rings. The Bertz CT molecular complexity index is 567. The highest BCUT2D eigenvalue weighted by Crippen LogP contribution is 2.33. The first-order chi connectivity index (χ1) is 11.2. The second-order valence-electron chi connectivity index (χ2n) is 6.80. The molecule has 1 aliphatic carbocycles. The highest BCUT2D eigenvalue weighted by molar-refractivity contribution is 5.99. The van der Waals surface area contributed by atoms with Gasteiger partial charge in [-0.2, -0.15) is 0 Å². The van der Waals surface area contributed by atoms with Crippen molar-refractivity contribution in [2.45, 2.75) is 58.4 Å². The number of hydrogen-bond acceptors (Lipinski definition) is 2. The molecule has 0 spiro atoms. The zero-order chi connectivity index (χ0) is 16.2. The van der Waals surface area contributed by atoms with Gasteiger partial charge in [-0.05, 0) is 36.8 Å². The van der Waals surface area contributed by atoms with Gasteiger partial charge in [-0.15, -0.1) is 0 Å². The molecular formula is C19H26FNO2. The Morgan fingerprint density at radius 2 is 2.04 bits per heavy atom. The van der Waals surface area contributed by atoms with Gasteiger partial charge < -0.3 is 9.64 Å². The van der Waals surface area contributed by atoms with E-state index in [-0.39, 0.29) is 17.2 Å². The van der Waals surface area contributed by atoms with Crippen LogP contribution in [0.25, 0.3) is 0 Å². The van der Waals surface area contributed by atoms with E-state index in [0.717, 1.165) is 24.9 Å². The van der Waals surface area contributed by atoms with Crippen LogP contribution in [0, 0.1) is 11.7 Å². The molecule has 3 rings (SSSR count). The number of carbonyl (C=O) groups is 1. The lowest BCUT2D eigenvalue weighted by Crippen LogP contribution is -2.31. The van der Waals surface area contributed by atoms with Crippen molar-refractivity contribution in [3.63, 3.8) is 0 Å². The van der Waals surface area contributed by atoms with Crippen molar-refractivity contribution in [3.05, 3.63) is 29.1 Å². The smallest absolute Gasteiger partial charge is 0.257 e. The molecule has 0 bridgehead atoms. The molecule has 2 aliphatic rings. The second kappa shape index (κ2) is 7.33. The number of amides is 1. The lowest BCUT2D eigenvalue weighted by molar-refractivity contribution is 0.0734. The predicted octanol–water partition coefficient (Wildman–Crippen LogP) is 4.54. The number of fused-ring (bicyclic) bond motifs is 1. The number of hydrogen-bond donors (Lipinski definition) is 0. The minimum Gasteiger partial charge on any atom is -0.490 e. The van der Waals surface area contributed by atoms with Crippen LogP contribution in [0.5, 0.6) is 5.75 Å². The van der Waals surface area contributed by atoms with Crippen LogP contribution >= 0.6 is 0 Å². The van der Waals surface area contributed by atoms with Gasteiger partial charge in [0.15, 0.2) is 11.6 Å². The van der Waals surface area contributed by atoms with Gasteiger partial charge >= 0.3 is 0 Å². The Balaban J connectivity index is 1.70. The normalized spacial score (nSPS) is 18.3. The Morgan fingerprint density at radius 1 is 1.26 bits per heavy atom. The van der Waals surface area contributed by atoms with Gasteiger partial charge in [0.25, 0.3) is 5.91 Å². The summed E-state index contributed by atoms with van der Waals surface area (Å²) in [5.41, 5.74) is 1.03. The average Bonchev–Trinajstić information content (AvgIpc) is 2.88. The van der Waals surface area contributed by atoms with Crippen molar-refractivity contribution in [3.8, 4) is 5.75 Å². The molecule has 126 valence electrons. The van der Waals surface area contributed by atoms with Crippen LogP contribution in [0.15, 0.2) is 12.1 Å². The van der Waals surface area contributed by atoms with Crippen LogP contribution in [0.1, 0.15) is 67.8 Å². The quantitative estimate of drug-likeness (QED) is 0.720. The lowest BCUT2D eigenvalue weighted by atomic mass is 9.89. The van der Waals surface area contributed by atoms with E-state index in [9.17, 15) is 9.18 Å². The summed E-state index contributed by atoms with van der Waals surface area (Å²) in [5, 5.41) is 0. The number of rotatable bonds is 6. The van der Waals surface area contributed by atoms with E-state index in [0.29, 0.717) is 19.1 Å². The molecule has 0 unspecified atom stereocenters. The van der Waals surface area contributed by atoms with Gasteiger partial charge in [-0.3, -0.25) is 4.79 Å². The fourth-order valence-electron chi connectivity index (χ4n) is 3.66. The van der Waals surface area contributed by atoms with E-state index < -0.39 is 5.82 Å². The van der Waals surface area contributed by atoms with Crippen LogP contribution in [0.3, 0.4) is 0 Å². The van der Waals surface area contributed by atoms with Gasteiger partial charge in [0.05, 0.1) is 12.2 Å². The van der Waals surface area contributed by atoms with E-state index >= 15 is 0 Å². The van der Waals surface area contributed by atoms with Crippen molar-refractivity contribution in [1.29, 1.82) is 0 Å². The predicted molar refractivity (Wildman–Crippen MR) is 88.1 cm³/mol. The molecule has 0 atom stereocenters. The van der Waals surface area contributed by atoms with E-state index in [1.165, 1.54) is 32.1 Å². The van der Waals surface area contributed by atoms with Gasteiger partial charge in [0, 0.05) is 13.1 Å². The summed E-state index contributed by atoms with van der Waals surface area (Å²) in [4.78, 5) is 14.4. The monoisotopic (exact) mass is 319 g/mol. The molecule has 1 heterocycles. The zero-order valence-electron chi connectivity index (χ0n) is 13.9. The molecule has 1 amide bonds. The van der Waals surface area contributed by atoms with Crippen molar-refractivity contribution in [2.75, 3.05) is 13.2 Å². The number of nitrogens with zero attached hydrogens (tertiary/aromatic N) is 1. The Kier molecular flexibility index (Phi) is 5.19. The van der Waals surface area contributed by atoms with Crippen molar-refractivity contribution in [2.24, 2.45) is 5.92 Å². The van der Waals surface area contributed by atoms with E-state index in [2.05, 4.69) is 6.92 Å². The number of unbranched alkanes of at least 4 members (excludes halogenated alkanes) is 1. The van der Waals surface area contributed by atoms with E-state index in [4.69, 9.17) is 4.74 Å². The number of halogens is 1. The molecule has 4 heteroatoms. The lowest BCUT2D eigenvalue weighted by Gasteiger charge is -2.26. The standard InChI is InChI=1S/C19H26FNO2/c1-2-3-11-23-16-10-9-15-13-21(19(22)17(15)18(16)20)12-14-7-5-4-6-8-14/h9-10,14H,2-8,11-13H2,1H3. The van der Waals surface area contributed by atoms with Crippen molar-refractivity contribution >= 4 is 5.91 Å². The molecule has 3 nitrogen and oxygen atoms in total. The highest BCUT2D eigenvalue weighted by atomic mass is 19.1. The first-order valence-corrected chi connectivity index (χ1v) is 8.94. The third-order valence-electron chi connectivity index (χ3n) is 5.01. The maximum atomic E-state index is 14.6. The highest BCUT2D eigenvalue weighted by Gasteiger charge is 2.33. The van der Waals surface area contributed by atoms with Crippen LogP contribution < -0.4 is 4.74 Å². The molecule has 1 saturated carbocycles.